The van der Waals surface area contributed by atoms with Gasteiger partial charge in [0.05, 0.1) is 11.3 Å². The lowest BCUT2D eigenvalue weighted by Gasteiger charge is -2.22. The summed E-state index contributed by atoms with van der Waals surface area (Å²) in [5.74, 6) is -3.48. The van der Waals surface area contributed by atoms with Crippen molar-refractivity contribution in [1.82, 2.24) is 4.31 Å². The normalized spacial score (nSPS) is 16.4. The summed E-state index contributed by atoms with van der Waals surface area (Å²) in [6, 6.07) is 6.57. The van der Waals surface area contributed by atoms with Crippen LogP contribution in [0.5, 0.6) is 0 Å². The van der Waals surface area contributed by atoms with Crippen LogP contribution < -0.4 is 5.32 Å². The van der Waals surface area contributed by atoms with Gasteiger partial charge in [0.1, 0.15) is 22.6 Å². The molecular weight excluding hydrogens is 354 g/mol. The average Bonchev–Trinajstić information content (AvgIpc) is 2.77. The molecule has 0 saturated heterocycles. The molecule has 0 unspecified atom stereocenters. The van der Waals surface area contributed by atoms with Crippen LogP contribution in [0.1, 0.15) is 17.3 Å². The Hall–Kier alpha value is -2.81. The highest BCUT2D eigenvalue weighted by Gasteiger charge is 2.45. The molecule has 0 radical (unpaired) electrons. The fourth-order valence-electron chi connectivity index (χ4n) is 2.52. The first kappa shape index (κ1) is 17.0. The lowest BCUT2D eigenvalue weighted by atomic mass is 10.2. The van der Waals surface area contributed by atoms with Crippen molar-refractivity contribution in [1.29, 1.82) is 0 Å². The number of carbonyl (C=O) groups is 2. The number of nitrogens with one attached hydrogen (secondary N) is 1. The van der Waals surface area contributed by atoms with Crippen molar-refractivity contribution in [3.8, 4) is 0 Å². The summed E-state index contributed by atoms with van der Waals surface area (Å²) in [5.41, 5.74) is -0.488. The third-order valence-electron chi connectivity index (χ3n) is 3.77. The summed E-state index contributed by atoms with van der Waals surface area (Å²) in [5, 5.41) is 2.10. The third-order valence-corrected chi connectivity index (χ3v) is 5.68. The van der Waals surface area contributed by atoms with E-state index in [2.05, 4.69) is 5.32 Å². The molecular formula is C16H12F2N2O4S. The number of nitrogens with zero attached hydrogens (tertiary/aromatic N) is 1. The first-order chi connectivity index (χ1) is 11.7. The molecule has 1 atom stereocenters. The molecule has 2 amide bonds. The van der Waals surface area contributed by atoms with Crippen molar-refractivity contribution in [3.63, 3.8) is 0 Å². The number of halogens is 2. The Balaban J connectivity index is 1.91. The topological polar surface area (TPSA) is 83.6 Å². The second kappa shape index (κ2) is 5.92. The largest absolute Gasteiger partial charge is 0.322 e. The highest BCUT2D eigenvalue weighted by molar-refractivity contribution is 7.90. The first-order valence-corrected chi connectivity index (χ1v) is 8.61. The van der Waals surface area contributed by atoms with Crippen molar-refractivity contribution < 1.29 is 26.8 Å². The maximum Gasteiger partial charge on any atom is 0.269 e. The number of anilines is 1. The Morgan fingerprint density at radius 1 is 1.16 bits per heavy atom. The van der Waals surface area contributed by atoms with E-state index in [4.69, 9.17) is 0 Å². The van der Waals surface area contributed by atoms with Crippen LogP contribution in [0.4, 0.5) is 14.5 Å². The van der Waals surface area contributed by atoms with Crippen molar-refractivity contribution in [2.24, 2.45) is 0 Å². The summed E-state index contributed by atoms with van der Waals surface area (Å²) in [6.45, 7) is 1.19. The number of sulfonamides is 1. The molecule has 9 heteroatoms. The molecule has 2 aromatic carbocycles. The molecule has 1 heterocycles. The van der Waals surface area contributed by atoms with Gasteiger partial charge < -0.3 is 5.32 Å². The predicted molar refractivity (Wildman–Crippen MR) is 84.2 cm³/mol. The Labute approximate surface area is 142 Å². The van der Waals surface area contributed by atoms with E-state index in [-0.39, 0.29) is 10.5 Å². The minimum Gasteiger partial charge on any atom is -0.322 e. The number of fused-ring (bicyclic) bond motifs is 1. The van der Waals surface area contributed by atoms with Gasteiger partial charge in [-0.1, -0.05) is 12.1 Å². The molecule has 0 spiro atoms. The molecule has 1 aliphatic rings. The van der Waals surface area contributed by atoms with Crippen LogP contribution in [0.15, 0.2) is 47.4 Å². The number of rotatable bonds is 3. The second-order valence-electron chi connectivity index (χ2n) is 5.39. The maximum atomic E-state index is 13.6. The molecule has 25 heavy (non-hydrogen) atoms. The van der Waals surface area contributed by atoms with Crippen LogP contribution >= 0.6 is 0 Å². The minimum atomic E-state index is -4.20. The Morgan fingerprint density at radius 3 is 2.52 bits per heavy atom. The van der Waals surface area contributed by atoms with Gasteiger partial charge in [-0.05, 0) is 31.2 Å². The summed E-state index contributed by atoms with van der Waals surface area (Å²) in [6.07, 6.45) is 0. The van der Waals surface area contributed by atoms with Gasteiger partial charge in [-0.25, -0.2) is 21.5 Å². The zero-order valence-corrected chi connectivity index (χ0v) is 13.7. The van der Waals surface area contributed by atoms with Gasteiger partial charge in [-0.3, -0.25) is 9.59 Å². The summed E-state index contributed by atoms with van der Waals surface area (Å²) in [4.78, 5) is 24.5. The quantitative estimate of drug-likeness (QED) is 0.902. The molecule has 0 bridgehead atoms. The molecule has 0 fully saturated rings. The van der Waals surface area contributed by atoms with Crippen molar-refractivity contribution in [2.75, 3.05) is 5.32 Å². The van der Waals surface area contributed by atoms with Gasteiger partial charge in [0.15, 0.2) is 0 Å². The molecule has 1 N–H and O–H groups in total. The van der Waals surface area contributed by atoms with E-state index in [9.17, 15) is 26.8 Å². The molecule has 3 rings (SSSR count). The summed E-state index contributed by atoms with van der Waals surface area (Å²) >= 11 is 0. The fourth-order valence-corrected chi connectivity index (χ4v) is 4.25. The van der Waals surface area contributed by atoms with Crippen LogP contribution in [0.25, 0.3) is 0 Å². The lowest BCUT2D eigenvalue weighted by molar-refractivity contribution is -0.118. The Morgan fingerprint density at radius 2 is 1.84 bits per heavy atom. The second-order valence-corrected chi connectivity index (χ2v) is 7.17. The monoisotopic (exact) mass is 366 g/mol. The van der Waals surface area contributed by atoms with Crippen LogP contribution in [0.3, 0.4) is 0 Å². The van der Waals surface area contributed by atoms with Crippen LogP contribution in [-0.4, -0.2) is 30.6 Å². The van der Waals surface area contributed by atoms with Gasteiger partial charge in [0.2, 0.25) is 5.91 Å². The van der Waals surface area contributed by atoms with Crippen LogP contribution in [0, 0.1) is 11.6 Å². The molecule has 6 nitrogen and oxygen atoms in total. The number of benzene rings is 2. The van der Waals surface area contributed by atoms with E-state index < -0.39 is 45.2 Å². The van der Waals surface area contributed by atoms with E-state index in [0.717, 1.165) is 18.2 Å². The number of carbonyl (C=O) groups excluding carboxylic acids is 2. The molecule has 130 valence electrons. The van der Waals surface area contributed by atoms with Gasteiger partial charge in [0, 0.05) is 6.07 Å². The molecule has 0 aromatic heterocycles. The Kier molecular flexibility index (Phi) is 4.03. The molecule has 0 saturated carbocycles. The highest BCUT2D eigenvalue weighted by Crippen LogP contribution is 2.32. The lowest BCUT2D eigenvalue weighted by Crippen LogP contribution is -2.45. The maximum absolute atomic E-state index is 13.6. The van der Waals surface area contributed by atoms with Gasteiger partial charge >= 0.3 is 0 Å². The first-order valence-electron chi connectivity index (χ1n) is 7.17. The van der Waals surface area contributed by atoms with Gasteiger partial charge in [-0.15, -0.1) is 0 Å². The predicted octanol–water partition coefficient (Wildman–Crippen LogP) is 2.14. The SMILES string of the molecule is C[C@H](C(=O)Nc1cc(F)ccc1F)N1C(=O)c2ccccc2S1(=O)=O. The van der Waals surface area contributed by atoms with E-state index >= 15 is 0 Å². The zero-order chi connectivity index (χ0) is 18.4. The third kappa shape index (κ3) is 2.76. The van der Waals surface area contributed by atoms with Crippen LogP contribution in [-0.2, 0) is 14.8 Å². The van der Waals surface area contributed by atoms with E-state index in [1.807, 2.05) is 0 Å². The summed E-state index contributed by atoms with van der Waals surface area (Å²) < 4.78 is 52.3. The minimum absolute atomic E-state index is 0.0425. The fraction of sp³-hybridized carbons (Fsp3) is 0.125. The Bertz CT molecular complexity index is 991. The number of hydrogen-bond acceptors (Lipinski definition) is 4. The molecule has 0 aliphatic carbocycles. The zero-order valence-electron chi connectivity index (χ0n) is 12.9. The van der Waals surface area contributed by atoms with Crippen molar-refractivity contribution in [3.05, 3.63) is 59.7 Å². The van der Waals surface area contributed by atoms with Crippen molar-refractivity contribution in [2.45, 2.75) is 17.9 Å². The van der Waals surface area contributed by atoms with Gasteiger partial charge in [-0.2, -0.15) is 0 Å². The highest BCUT2D eigenvalue weighted by atomic mass is 32.2. The summed E-state index contributed by atoms with van der Waals surface area (Å²) in [7, 11) is -4.20. The van der Waals surface area contributed by atoms with E-state index in [1.165, 1.54) is 31.2 Å². The van der Waals surface area contributed by atoms with Crippen molar-refractivity contribution >= 4 is 27.5 Å². The van der Waals surface area contributed by atoms with E-state index in [1.54, 1.807) is 0 Å². The number of amides is 2. The average molecular weight is 366 g/mol. The van der Waals surface area contributed by atoms with Gasteiger partial charge in [0.25, 0.3) is 15.9 Å². The number of hydrogen-bond donors (Lipinski definition) is 1. The smallest absolute Gasteiger partial charge is 0.269 e. The molecule has 2 aromatic rings. The molecule has 1 aliphatic heterocycles. The standard InChI is InChI=1S/C16H12F2N2O4S/c1-9(15(21)19-13-8-10(17)6-7-12(13)18)20-16(22)11-4-2-3-5-14(11)25(20,23)24/h2-9H,1H3,(H,19,21)/t9-/m1/s1. The van der Waals surface area contributed by atoms with E-state index in [0.29, 0.717) is 4.31 Å². The van der Waals surface area contributed by atoms with Crippen LogP contribution in [0.2, 0.25) is 0 Å².